The van der Waals surface area contributed by atoms with Gasteiger partial charge in [-0.05, 0) is 31.2 Å². The van der Waals surface area contributed by atoms with Gasteiger partial charge in [0, 0.05) is 10.4 Å². The summed E-state index contributed by atoms with van der Waals surface area (Å²) in [5, 5.41) is 2.11. The molecule has 1 heterocycles. The van der Waals surface area contributed by atoms with Gasteiger partial charge in [0.25, 0.3) is 0 Å². The highest BCUT2D eigenvalue weighted by atomic mass is 32.1. The maximum Gasteiger partial charge on any atom is 0.0174 e. The van der Waals surface area contributed by atoms with Crippen LogP contribution in [0, 0.1) is 0 Å². The maximum absolute atomic E-state index is 6.13. The van der Waals surface area contributed by atoms with E-state index in [1.165, 1.54) is 11.3 Å². The van der Waals surface area contributed by atoms with Gasteiger partial charge in [-0.1, -0.05) is 19.4 Å². The van der Waals surface area contributed by atoms with Gasteiger partial charge in [-0.2, -0.15) is 0 Å². The van der Waals surface area contributed by atoms with Gasteiger partial charge in [-0.3, -0.25) is 0 Å². The molecule has 0 bridgehead atoms. The van der Waals surface area contributed by atoms with Crippen molar-refractivity contribution in [3.05, 3.63) is 22.4 Å². The standard InChI is InChI=1S/C10H17NS/c1-3-6-10(2,11)8-9-5-4-7-12-9/h4-5,7H,3,6,8,11H2,1-2H3. The van der Waals surface area contributed by atoms with E-state index >= 15 is 0 Å². The second kappa shape index (κ2) is 4.06. The summed E-state index contributed by atoms with van der Waals surface area (Å²) in [6, 6.07) is 4.24. The minimum Gasteiger partial charge on any atom is -0.325 e. The third kappa shape index (κ3) is 2.95. The number of hydrogen-bond acceptors (Lipinski definition) is 2. The van der Waals surface area contributed by atoms with E-state index in [-0.39, 0.29) is 5.54 Å². The number of thiophene rings is 1. The molecule has 1 rings (SSSR count). The molecule has 0 saturated heterocycles. The second-order valence-corrected chi connectivity index (χ2v) is 4.69. The molecule has 68 valence electrons. The van der Waals surface area contributed by atoms with Crippen molar-refractivity contribution in [2.75, 3.05) is 0 Å². The van der Waals surface area contributed by atoms with E-state index in [9.17, 15) is 0 Å². The highest BCUT2D eigenvalue weighted by molar-refractivity contribution is 7.09. The second-order valence-electron chi connectivity index (χ2n) is 3.66. The Morgan fingerprint density at radius 3 is 2.83 bits per heavy atom. The Balaban J connectivity index is 2.50. The lowest BCUT2D eigenvalue weighted by atomic mass is 9.93. The molecule has 0 saturated carbocycles. The van der Waals surface area contributed by atoms with Gasteiger partial charge in [0.2, 0.25) is 0 Å². The minimum absolute atomic E-state index is 0.0143. The first-order valence-electron chi connectivity index (χ1n) is 4.45. The molecule has 2 N–H and O–H groups in total. The number of nitrogens with two attached hydrogens (primary N) is 1. The molecule has 0 amide bonds. The van der Waals surface area contributed by atoms with Crippen LogP contribution >= 0.6 is 11.3 Å². The van der Waals surface area contributed by atoms with E-state index in [2.05, 4.69) is 31.4 Å². The molecule has 0 radical (unpaired) electrons. The molecule has 0 aliphatic rings. The van der Waals surface area contributed by atoms with Crippen LogP contribution < -0.4 is 5.73 Å². The zero-order chi connectivity index (χ0) is 9.03. The molecule has 1 unspecified atom stereocenters. The Kier molecular flexibility index (Phi) is 3.29. The van der Waals surface area contributed by atoms with Crippen LogP contribution in [-0.2, 0) is 6.42 Å². The van der Waals surface area contributed by atoms with Crippen LogP contribution in [0.15, 0.2) is 17.5 Å². The van der Waals surface area contributed by atoms with Crippen molar-refractivity contribution in [1.82, 2.24) is 0 Å². The van der Waals surface area contributed by atoms with E-state index in [1.807, 2.05) is 0 Å². The fraction of sp³-hybridized carbons (Fsp3) is 0.600. The van der Waals surface area contributed by atoms with Gasteiger partial charge in [-0.25, -0.2) is 0 Å². The zero-order valence-corrected chi connectivity index (χ0v) is 8.66. The van der Waals surface area contributed by atoms with Gasteiger partial charge in [0.1, 0.15) is 0 Å². The summed E-state index contributed by atoms with van der Waals surface area (Å²) in [7, 11) is 0. The van der Waals surface area contributed by atoms with Crippen LogP contribution in [0.1, 0.15) is 31.6 Å². The fourth-order valence-corrected chi connectivity index (χ4v) is 2.37. The monoisotopic (exact) mass is 183 g/mol. The van der Waals surface area contributed by atoms with E-state index in [0.717, 1.165) is 12.8 Å². The molecule has 0 aliphatic heterocycles. The predicted molar refractivity (Wildman–Crippen MR) is 55.5 cm³/mol. The topological polar surface area (TPSA) is 26.0 Å². The molecular formula is C10H17NS. The lowest BCUT2D eigenvalue weighted by Gasteiger charge is -2.22. The van der Waals surface area contributed by atoms with Gasteiger partial charge in [-0.15, -0.1) is 11.3 Å². The van der Waals surface area contributed by atoms with Crippen LogP contribution in [0.25, 0.3) is 0 Å². The van der Waals surface area contributed by atoms with E-state index in [4.69, 9.17) is 5.73 Å². The van der Waals surface area contributed by atoms with Crippen molar-refractivity contribution in [2.45, 2.75) is 38.6 Å². The summed E-state index contributed by atoms with van der Waals surface area (Å²) in [6.45, 7) is 4.32. The van der Waals surface area contributed by atoms with Crippen LogP contribution in [0.2, 0.25) is 0 Å². The minimum atomic E-state index is -0.0143. The van der Waals surface area contributed by atoms with E-state index in [1.54, 1.807) is 11.3 Å². The molecular weight excluding hydrogens is 166 g/mol. The normalized spacial score (nSPS) is 15.9. The summed E-state index contributed by atoms with van der Waals surface area (Å²) in [6.07, 6.45) is 3.28. The Hall–Kier alpha value is -0.340. The molecule has 1 nitrogen and oxygen atoms in total. The third-order valence-electron chi connectivity index (χ3n) is 1.98. The predicted octanol–water partition coefficient (Wildman–Crippen LogP) is 2.81. The van der Waals surface area contributed by atoms with Gasteiger partial charge in [0.15, 0.2) is 0 Å². The van der Waals surface area contributed by atoms with Crippen LogP contribution in [0.4, 0.5) is 0 Å². The first-order chi connectivity index (χ1) is 5.64. The van der Waals surface area contributed by atoms with Crippen molar-refractivity contribution in [1.29, 1.82) is 0 Å². The molecule has 1 aromatic heterocycles. The average molecular weight is 183 g/mol. The quantitative estimate of drug-likeness (QED) is 0.763. The third-order valence-corrected chi connectivity index (χ3v) is 2.86. The van der Waals surface area contributed by atoms with Gasteiger partial charge in [0.05, 0.1) is 0 Å². The molecule has 0 aliphatic carbocycles. The largest absolute Gasteiger partial charge is 0.325 e. The Morgan fingerprint density at radius 2 is 2.33 bits per heavy atom. The van der Waals surface area contributed by atoms with Crippen molar-refractivity contribution in [3.63, 3.8) is 0 Å². The lowest BCUT2D eigenvalue weighted by Crippen LogP contribution is -2.37. The smallest absolute Gasteiger partial charge is 0.0174 e. The lowest BCUT2D eigenvalue weighted by molar-refractivity contribution is 0.427. The van der Waals surface area contributed by atoms with Crippen molar-refractivity contribution in [2.24, 2.45) is 5.73 Å². The Bertz CT molecular complexity index is 214. The highest BCUT2D eigenvalue weighted by Gasteiger charge is 2.17. The Morgan fingerprint density at radius 1 is 1.58 bits per heavy atom. The number of hydrogen-bond donors (Lipinski definition) is 1. The SMILES string of the molecule is CCCC(C)(N)Cc1cccs1. The van der Waals surface area contributed by atoms with Crippen molar-refractivity contribution < 1.29 is 0 Å². The summed E-state index contributed by atoms with van der Waals surface area (Å²) in [4.78, 5) is 1.40. The fourth-order valence-electron chi connectivity index (χ4n) is 1.47. The molecule has 0 spiro atoms. The molecule has 0 aromatic carbocycles. The zero-order valence-electron chi connectivity index (χ0n) is 7.84. The van der Waals surface area contributed by atoms with Crippen molar-refractivity contribution >= 4 is 11.3 Å². The number of rotatable bonds is 4. The van der Waals surface area contributed by atoms with Gasteiger partial charge >= 0.3 is 0 Å². The maximum atomic E-state index is 6.13. The summed E-state index contributed by atoms with van der Waals surface area (Å²) >= 11 is 1.80. The molecule has 1 atom stereocenters. The summed E-state index contributed by atoms with van der Waals surface area (Å²) in [5.74, 6) is 0. The average Bonchev–Trinajstić information content (AvgIpc) is 2.38. The first kappa shape index (κ1) is 9.75. The van der Waals surface area contributed by atoms with E-state index < -0.39 is 0 Å². The van der Waals surface area contributed by atoms with Crippen LogP contribution in [-0.4, -0.2) is 5.54 Å². The Labute approximate surface area is 78.6 Å². The van der Waals surface area contributed by atoms with Crippen LogP contribution in [0.3, 0.4) is 0 Å². The van der Waals surface area contributed by atoms with Gasteiger partial charge < -0.3 is 5.73 Å². The van der Waals surface area contributed by atoms with Crippen molar-refractivity contribution in [3.8, 4) is 0 Å². The first-order valence-corrected chi connectivity index (χ1v) is 5.33. The molecule has 0 fully saturated rings. The van der Waals surface area contributed by atoms with E-state index in [0.29, 0.717) is 0 Å². The highest BCUT2D eigenvalue weighted by Crippen LogP contribution is 2.19. The molecule has 12 heavy (non-hydrogen) atoms. The van der Waals surface area contributed by atoms with Crippen LogP contribution in [0.5, 0.6) is 0 Å². The summed E-state index contributed by atoms with van der Waals surface area (Å²) < 4.78 is 0. The molecule has 2 heteroatoms. The molecule has 1 aromatic rings. The summed E-state index contributed by atoms with van der Waals surface area (Å²) in [5.41, 5.74) is 6.11.